The van der Waals surface area contributed by atoms with E-state index in [-0.39, 0.29) is 5.82 Å². The van der Waals surface area contributed by atoms with Gasteiger partial charge in [0.15, 0.2) is 0 Å². The second-order valence-electron chi connectivity index (χ2n) is 5.22. The summed E-state index contributed by atoms with van der Waals surface area (Å²) in [6, 6.07) is 3.39. The normalized spacial score (nSPS) is 11.4. The van der Waals surface area contributed by atoms with E-state index < -0.39 is 0 Å². The van der Waals surface area contributed by atoms with E-state index in [0.717, 1.165) is 17.9 Å². The number of thiophene rings is 1. The van der Waals surface area contributed by atoms with Crippen LogP contribution in [0.4, 0.5) is 4.39 Å². The van der Waals surface area contributed by atoms with Crippen molar-refractivity contribution >= 4 is 34.0 Å². The van der Waals surface area contributed by atoms with Crippen molar-refractivity contribution in [1.82, 2.24) is 9.55 Å². The van der Waals surface area contributed by atoms with Crippen molar-refractivity contribution in [3.05, 3.63) is 51.2 Å². The molecule has 0 N–H and O–H groups in total. The zero-order valence-electron chi connectivity index (χ0n) is 12.0. The van der Waals surface area contributed by atoms with Crippen LogP contribution in [0.1, 0.15) is 22.5 Å². The molecule has 0 aliphatic rings. The highest BCUT2D eigenvalue weighted by Gasteiger charge is 2.14. The van der Waals surface area contributed by atoms with E-state index in [4.69, 9.17) is 11.6 Å². The molecule has 3 aromatic rings. The van der Waals surface area contributed by atoms with E-state index in [1.807, 2.05) is 6.07 Å². The third-order valence-electron chi connectivity index (χ3n) is 3.72. The second-order valence-corrected chi connectivity index (χ2v) is 6.34. The summed E-state index contributed by atoms with van der Waals surface area (Å²) in [5.74, 6) is 1.21. The van der Waals surface area contributed by atoms with E-state index in [1.165, 1.54) is 17.2 Å². The molecule has 0 fully saturated rings. The fourth-order valence-electron chi connectivity index (χ4n) is 2.47. The maximum Gasteiger partial charge on any atom is 0.128 e. The number of halogens is 2. The van der Waals surface area contributed by atoms with Gasteiger partial charge in [0.25, 0.3) is 0 Å². The minimum Gasteiger partial charge on any atom is -0.323 e. The van der Waals surface area contributed by atoms with Crippen LogP contribution in [-0.2, 0) is 13.0 Å². The van der Waals surface area contributed by atoms with Crippen LogP contribution in [-0.4, -0.2) is 15.4 Å². The zero-order valence-corrected chi connectivity index (χ0v) is 13.6. The zero-order chi connectivity index (χ0) is 15.0. The second kappa shape index (κ2) is 5.78. The Hall–Kier alpha value is -1.39. The molecule has 0 spiro atoms. The van der Waals surface area contributed by atoms with Crippen LogP contribution in [0.25, 0.3) is 11.0 Å². The molecule has 2 nitrogen and oxygen atoms in total. The Morgan fingerprint density at radius 3 is 2.71 bits per heavy atom. The van der Waals surface area contributed by atoms with E-state index in [9.17, 15) is 4.39 Å². The van der Waals surface area contributed by atoms with Gasteiger partial charge in [0.2, 0.25) is 0 Å². The van der Waals surface area contributed by atoms with Gasteiger partial charge in [-0.1, -0.05) is 0 Å². The Kier molecular flexibility index (Phi) is 4.00. The number of hydrogen-bond donors (Lipinski definition) is 0. The van der Waals surface area contributed by atoms with Crippen molar-refractivity contribution in [2.75, 3.05) is 5.88 Å². The van der Waals surface area contributed by atoms with Crippen LogP contribution in [0.3, 0.4) is 0 Å². The van der Waals surface area contributed by atoms with E-state index in [0.29, 0.717) is 23.4 Å². The summed E-state index contributed by atoms with van der Waals surface area (Å²) in [4.78, 5) is 4.56. The summed E-state index contributed by atoms with van der Waals surface area (Å²) >= 11 is 7.58. The molecular weight excluding hydrogens is 307 g/mol. The molecule has 0 radical (unpaired) electrons. The highest BCUT2D eigenvalue weighted by molar-refractivity contribution is 7.08. The molecule has 3 rings (SSSR count). The van der Waals surface area contributed by atoms with Crippen LogP contribution < -0.4 is 0 Å². The van der Waals surface area contributed by atoms with Crippen molar-refractivity contribution in [3.63, 3.8) is 0 Å². The summed E-state index contributed by atoms with van der Waals surface area (Å²) in [5.41, 5.74) is 4.86. The first-order chi connectivity index (χ1) is 10.1. The molecule has 2 aromatic heterocycles. The van der Waals surface area contributed by atoms with Gasteiger partial charge in [0.05, 0.1) is 17.6 Å². The van der Waals surface area contributed by atoms with Gasteiger partial charge in [0.1, 0.15) is 11.6 Å². The van der Waals surface area contributed by atoms with Gasteiger partial charge in [-0.05, 0) is 47.4 Å². The number of aryl methyl sites for hydroxylation is 3. The standard InChI is InChI=1S/C16H16ClFN2S/c1-10-5-15-14(6-13(10)18)19-16(3-4-17)20(15)7-12-9-21-8-11(12)2/h5-6,8-9H,3-4,7H2,1-2H3. The first-order valence-corrected chi connectivity index (χ1v) is 8.30. The summed E-state index contributed by atoms with van der Waals surface area (Å²) in [6.07, 6.45) is 0.681. The van der Waals surface area contributed by atoms with E-state index in [1.54, 1.807) is 18.3 Å². The lowest BCUT2D eigenvalue weighted by atomic mass is 10.2. The summed E-state index contributed by atoms with van der Waals surface area (Å²) in [6.45, 7) is 4.64. The quantitative estimate of drug-likeness (QED) is 0.637. The van der Waals surface area contributed by atoms with Gasteiger partial charge in [-0.15, -0.1) is 11.6 Å². The molecule has 5 heteroatoms. The predicted molar refractivity (Wildman–Crippen MR) is 87.0 cm³/mol. The van der Waals surface area contributed by atoms with Gasteiger partial charge in [-0.2, -0.15) is 11.3 Å². The molecule has 0 saturated heterocycles. The Labute approximate surface area is 132 Å². The molecule has 110 valence electrons. The minimum absolute atomic E-state index is 0.212. The molecule has 0 aliphatic carbocycles. The van der Waals surface area contributed by atoms with E-state index in [2.05, 4.69) is 27.2 Å². The third-order valence-corrected chi connectivity index (χ3v) is 4.82. The maximum absolute atomic E-state index is 13.7. The molecule has 2 heterocycles. The predicted octanol–water partition coefficient (Wildman–Crippen LogP) is 4.68. The van der Waals surface area contributed by atoms with Crippen LogP contribution in [0.2, 0.25) is 0 Å². The van der Waals surface area contributed by atoms with Gasteiger partial charge < -0.3 is 4.57 Å². The SMILES string of the molecule is Cc1cc2c(cc1F)nc(CCCl)n2Cc1cscc1C. The Morgan fingerprint density at radius 2 is 2.05 bits per heavy atom. The Bertz CT molecular complexity index is 791. The number of benzene rings is 1. The molecule has 0 atom stereocenters. The highest BCUT2D eigenvalue weighted by atomic mass is 35.5. The number of nitrogens with zero attached hydrogens (tertiary/aromatic N) is 2. The monoisotopic (exact) mass is 322 g/mol. The smallest absolute Gasteiger partial charge is 0.128 e. The lowest BCUT2D eigenvalue weighted by Crippen LogP contribution is -2.06. The van der Waals surface area contributed by atoms with Gasteiger partial charge in [-0.25, -0.2) is 9.37 Å². The lowest BCUT2D eigenvalue weighted by Gasteiger charge is -2.09. The van der Waals surface area contributed by atoms with Crippen molar-refractivity contribution in [2.24, 2.45) is 0 Å². The number of alkyl halides is 1. The minimum atomic E-state index is -0.212. The first kappa shape index (κ1) is 14.5. The van der Waals surface area contributed by atoms with Crippen LogP contribution in [0.15, 0.2) is 22.9 Å². The van der Waals surface area contributed by atoms with E-state index >= 15 is 0 Å². The fourth-order valence-corrected chi connectivity index (χ4v) is 3.49. The molecule has 0 aliphatic heterocycles. The summed E-state index contributed by atoms with van der Waals surface area (Å²) < 4.78 is 15.9. The maximum atomic E-state index is 13.7. The molecule has 21 heavy (non-hydrogen) atoms. The molecule has 0 saturated carbocycles. The largest absolute Gasteiger partial charge is 0.323 e. The van der Waals surface area contributed by atoms with Crippen LogP contribution in [0, 0.1) is 19.7 Å². The topological polar surface area (TPSA) is 17.8 Å². The number of rotatable bonds is 4. The molecular formula is C16H16ClFN2S. The van der Waals surface area contributed by atoms with Crippen molar-refractivity contribution in [3.8, 4) is 0 Å². The van der Waals surface area contributed by atoms with Crippen molar-refractivity contribution in [1.29, 1.82) is 0 Å². The summed E-state index contributed by atoms with van der Waals surface area (Å²) in [7, 11) is 0. The number of aromatic nitrogens is 2. The highest BCUT2D eigenvalue weighted by Crippen LogP contribution is 2.24. The lowest BCUT2D eigenvalue weighted by molar-refractivity contribution is 0.620. The molecule has 0 unspecified atom stereocenters. The molecule has 1 aromatic carbocycles. The molecule has 0 amide bonds. The van der Waals surface area contributed by atoms with Crippen molar-refractivity contribution < 1.29 is 4.39 Å². The third kappa shape index (κ3) is 2.70. The first-order valence-electron chi connectivity index (χ1n) is 6.83. The average molecular weight is 323 g/mol. The van der Waals surface area contributed by atoms with Gasteiger partial charge in [-0.3, -0.25) is 0 Å². The number of fused-ring (bicyclic) bond motifs is 1. The molecule has 0 bridgehead atoms. The van der Waals surface area contributed by atoms with Crippen LogP contribution >= 0.6 is 22.9 Å². The fraction of sp³-hybridized carbons (Fsp3) is 0.312. The average Bonchev–Trinajstić information content (AvgIpc) is 2.98. The Balaban J connectivity index is 2.15. The summed E-state index contributed by atoms with van der Waals surface area (Å²) in [5, 5.41) is 4.29. The Morgan fingerprint density at radius 1 is 1.24 bits per heavy atom. The number of imidazole rings is 1. The van der Waals surface area contributed by atoms with Crippen molar-refractivity contribution in [2.45, 2.75) is 26.8 Å². The van der Waals surface area contributed by atoms with Crippen LogP contribution in [0.5, 0.6) is 0 Å². The number of hydrogen-bond acceptors (Lipinski definition) is 2. The van der Waals surface area contributed by atoms with Gasteiger partial charge >= 0.3 is 0 Å². The van der Waals surface area contributed by atoms with Gasteiger partial charge in [0, 0.05) is 18.4 Å².